The number of ether oxygens (including phenoxy) is 1. The zero-order chi connectivity index (χ0) is 18.8. The molecule has 0 radical (unpaired) electrons. The van der Waals surface area contributed by atoms with E-state index in [1.54, 1.807) is 14.0 Å². The van der Waals surface area contributed by atoms with Crippen LogP contribution in [0.4, 0.5) is 0 Å². The molecule has 0 unspecified atom stereocenters. The second-order valence-electron chi connectivity index (χ2n) is 6.28. The molecule has 0 spiro atoms. The molecule has 152 valence electrons. The van der Waals surface area contributed by atoms with Crippen molar-refractivity contribution in [3.8, 4) is 5.75 Å². The van der Waals surface area contributed by atoms with E-state index in [4.69, 9.17) is 4.74 Å². The van der Waals surface area contributed by atoms with E-state index >= 15 is 0 Å². The second kappa shape index (κ2) is 12.8. The van der Waals surface area contributed by atoms with Crippen LogP contribution in [-0.2, 0) is 11.3 Å². The summed E-state index contributed by atoms with van der Waals surface area (Å²) in [5, 5.41) is 6.66. The summed E-state index contributed by atoms with van der Waals surface area (Å²) in [6, 6.07) is 7.93. The number of guanidine groups is 1. The van der Waals surface area contributed by atoms with E-state index in [0.717, 1.165) is 63.1 Å². The number of nitrogens with zero attached hydrogens (tertiary/aromatic N) is 3. The number of carbonyl (C=O) groups is 1. The van der Waals surface area contributed by atoms with Gasteiger partial charge in [0.25, 0.3) is 0 Å². The molecule has 0 atom stereocenters. The summed E-state index contributed by atoms with van der Waals surface area (Å²) in [5.41, 5.74) is 1.06. The highest BCUT2D eigenvalue weighted by atomic mass is 127. The molecule has 1 aliphatic heterocycles. The van der Waals surface area contributed by atoms with Crippen LogP contribution in [0.25, 0.3) is 0 Å². The largest absolute Gasteiger partial charge is 0.496 e. The average Bonchev–Trinajstić information content (AvgIpc) is 2.66. The molecule has 1 amide bonds. The predicted octanol–water partition coefficient (Wildman–Crippen LogP) is 1.53. The van der Waals surface area contributed by atoms with Crippen molar-refractivity contribution in [2.24, 2.45) is 4.99 Å². The quantitative estimate of drug-likeness (QED) is 0.346. The maximum Gasteiger partial charge on any atom is 0.219 e. The maximum atomic E-state index is 11.4. The van der Waals surface area contributed by atoms with Gasteiger partial charge in [-0.15, -0.1) is 24.0 Å². The molecule has 2 N–H and O–H groups in total. The molecule has 1 saturated heterocycles. The molecule has 1 fully saturated rings. The summed E-state index contributed by atoms with van der Waals surface area (Å²) < 4.78 is 5.38. The number of piperazine rings is 1. The number of hydrogen-bond donors (Lipinski definition) is 2. The maximum absolute atomic E-state index is 11.4. The van der Waals surface area contributed by atoms with E-state index in [2.05, 4.69) is 27.4 Å². The van der Waals surface area contributed by atoms with E-state index in [0.29, 0.717) is 6.54 Å². The molecular formula is C19H32IN5O2. The summed E-state index contributed by atoms with van der Waals surface area (Å²) in [6.45, 7) is 10.3. The van der Waals surface area contributed by atoms with Gasteiger partial charge in [0.05, 0.1) is 13.7 Å². The number of nitrogens with one attached hydrogen (secondary N) is 2. The molecule has 0 aliphatic carbocycles. The third-order valence-electron chi connectivity index (χ3n) is 4.48. The van der Waals surface area contributed by atoms with Gasteiger partial charge in [0.1, 0.15) is 5.75 Å². The lowest BCUT2D eigenvalue weighted by Gasteiger charge is -2.34. The first-order chi connectivity index (χ1) is 12.6. The minimum absolute atomic E-state index is 0. The highest BCUT2D eigenvalue weighted by molar-refractivity contribution is 14.0. The zero-order valence-corrected chi connectivity index (χ0v) is 18.9. The fourth-order valence-corrected chi connectivity index (χ4v) is 2.96. The molecule has 1 aromatic carbocycles. The lowest BCUT2D eigenvalue weighted by molar-refractivity contribution is -0.130. The lowest BCUT2D eigenvalue weighted by Crippen LogP contribution is -2.50. The fraction of sp³-hybridized carbons (Fsp3) is 0.579. The zero-order valence-electron chi connectivity index (χ0n) is 16.5. The summed E-state index contributed by atoms with van der Waals surface area (Å²) >= 11 is 0. The normalized spacial score (nSPS) is 15.1. The van der Waals surface area contributed by atoms with E-state index in [9.17, 15) is 4.79 Å². The number of methoxy groups -OCH3 is 1. The van der Waals surface area contributed by atoms with Crippen molar-refractivity contribution < 1.29 is 9.53 Å². The topological polar surface area (TPSA) is 69.2 Å². The number of rotatable bonds is 7. The van der Waals surface area contributed by atoms with Crippen LogP contribution >= 0.6 is 24.0 Å². The predicted molar refractivity (Wildman–Crippen MR) is 120 cm³/mol. The molecule has 1 heterocycles. The Morgan fingerprint density at radius 1 is 1.19 bits per heavy atom. The van der Waals surface area contributed by atoms with E-state index in [1.807, 2.05) is 29.2 Å². The van der Waals surface area contributed by atoms with Crippen LogP contribution < -0.4 is 15.4 Å². The number of amides is 1. The van der Waals surface area contributed by atoms with Crippen molar-refractivity contribution in [2.75, 3.05) is 52.9 Å². The van der Waals surface area contributed by atoms with Crippen LogP contribution in [0.3, 0.4) is 0 Å². The lowest BCUT2D eigenvalue weighted by atomic mass is 10.2. The van der Waals surface area contributed by atoms with Gasteiger partial charge in [-0.05, 0) is 13.0 Å². The molecule has 0 saturated carbocycles. The molecule has 8 heteroatoms. The standard InChI is InChI=1S/C19H31N5O2.HI/c1-4-20-19(22-15-17-7-5-6-8-18(17)26-3)21-9-10-23-11-13-24(14-12-23)16(2)25;/h5-8H,4,9-15H2,1-3H3,(H2,20,21,22);1H. The second-order valence-corrected chi connectivity index (χ2v) is 6.28. The van der Waals surface area contributed by atoms with Gasteiger partial charge in [0.15, 0.2) is 5.96 Å². The van der Waals surface area contributed by atoms with Gasteiger partial charge >= 0.3 is 0 Å². The Labute approximate surface area is 179 Å². The first kappa shape index (κ1) is 23.5. The summed E-state index contributed by atoms with van der Waals surface area (Å²) in [7, 11) is 1.68. The van der Waals surface area contributed by atoms with E-state index in [-0.39, 0.29) is 29.9 Å². The van der Waals surface area contributed by atoms with Gasteiger partial charge < -0.3 is 20.3 Å². The molecule has 0 bridgehead atoms. The molecule has 7 nitrogen and oxygen atoms in total. The van der Waals surface area contributed by atoms with Gasteiger partial charge in [-0.1, -0.05) is 18.2 Å². The minimum Gasteiger partial charge on any atom is -0.496 e. The Bertz CT molecular complexity index is 604. The summed E-state index contributed by atoms with van der Waals surface area (Å²) in [5.74, 6) is 1.83. The van der Waals surface area contributed by atoms with Crippen LogP contribution in [0, 0.1) is 0 Å². The van der Waals surface area contributed by atoms with Crippen molar-refractivity contribution in [3.05, 3.63) is 29.8 Å². The Morgan fingerprint density at radius 3 is 2.52 bits per heavy atom. The minimum atomic E-state index is 0. The van der Waals surface area contributed by atoms with Crippen molar-refractivity contribution >= 4 is 35.8 Å². The first-order valence-electron chi connectivity index (χ1n) is 9.26. The average molecular weight is 489 g/mol. The first-order valence-corrected chi connectivity index (χ1v) is 9.26. The van der Waals surface area contributed by atoms with E-state index in [1.165, 1.54) is 0 Å². The van der Waals surface area contributed by atoms with Crippen molar-refractivity contribution in [1.29, 1.82) is 0 Å². The van der Waals surface area contributed by atoms with Crippen molar-refractivity contribution in [2.45, 2.75) is 20.4 Å². The monoisotopic (exact) mass is 489 g/mol. The number of para-hydroxylation sites is 1. The van der Waals surface area contributed by atoms with Crippen molar-refractivity contribution in [3.63, 3.8) is 0 Å². The molecule has 0 aromatic heterocycles. The van der Waals surface area contributed by atoms with E-state index < -0.39 is 0 Å². The molecule has 1 aliphatic rings. The molecular weight excluding hydrogens is 457 g/mol. The summed E-state index contributed by atoms with van der Waals surface area (Å²) in [4.78, 5) is 20.3. The van der Waals surface area contributed by atoms with Crippen LogP contribution in [-0.4, -0.2) is 74.6 Å². The molecule has 27 heavy (non-hydrogen) atoms. The number of aliphatic imine (C=N–C) groups is 1. The van der Waals surface area contributed by atoms with Crippen LogP contribution in [0.2, 0.25) is 0 Å². The molecule has 1 aromatic rings. The number of carbonyl (C=O) groups excluding carboxylic acids is 1. The SMILES string of the molecule is CCNC(=NCc1ccccc1OC)NCCN1CCN(C(C)=O)CC1.I. The van der Waals surface area contributed by atoms with Crippen LogP contribution in [0.1, 0.15) is 19.4 Å². The highest BCUT2D eigenvalue weighted by Crippen LogP contribution is 2.17. The third-order valence-corrected chi connectivity index (χ3v) is 4.48. The Kier molecular flexibility index (Phi) is 11.1. The fourth-order valence-electron chi connectivity index (χ4n) is 2.96. The molecule has 2 rings (SSSR count). The third kappa shape index (κ3) is 7.92. The number of benzene rings is 1. The van der Waals surface area contributed by atoms with Gasteiger partial charge in [0, 0.05) is 58.3 Å². The number of hydrogen-bond acceptors (Lipinski definition) is 4. The van der Waals surface area contributed by atoms with Gasteiger partial charge in [-0.25, -0.2) is 4.99 Å². The van der Waals surface area contributed by atoms with Crippen LogP contribution in [0.5, 0.6) is 5.75 Å². The Hall–Kier alpha value is -1.55. The Balaban J connectivity index is 0.00000364. The summed E-state index contributed by atoms with van der Waals surface area (Å²) in [6.07, 6.45) is 0. The van der Waals surface area contributed by atoms with Gasteiger partial charge in [0.2, 0.25) is 5.91 Å². The smallest absolute Gasteiger partial charge is 0.219 e. The number of halogens is 1. The van der Waals surface area contributed by atoms with Crippen molar-refractivity contribution in [1.82, 2.24) is 20.4 Å². The Morgan fingerprint density at radius 2 is 1.89 bits per heavy atom. The van der Waals surface area contributed by atoms with Crippen LogP contribution in [0.15, 0.2) is 29.3 Å². The van der Waals surface area contributed by atoms with Gasteiger partial charge in [-0.3, -0.25) is 9.69 Å². The highest BCUT2D eigenvalue weighted by Gasteiger charge is 2.17. The van der Waals surface area contributed by atoms with Gasteiger partial charge in [-0.2, -0.15) is 0 Å².